The van der Waals surface area contributed by atoms with Crippen molar-refractivity contribution in [1.29, 1.82) is 0 Å². The van der Waals surface area contributed by atoms with Gasteiger partial charge in [0.15, 0.2) is 11.5 Å². The number of hydrogen-bond acceptors (Lipinski definition) is 4. The van der Waals surface area contributed by atoms with E-state index in [9.17, 15) is 9.59 Å². The standard InChI is InChI=1S/C27H27N3O4/c1-19-5-2-6-21(13-19)17-29-11-4-12-30(27(29)32)23-8-3-7-22(15-23)26(31)28-16-20-9-10-24-25(14-20)34-18-33-24/h2-3,5-10,13-15H,4,11-12,16-18H2,1H3,(H,28,31). The molecule has 0 atom stereocenters. The smallest absolute Gasteiger partial charge is 0.324 e. The van der Waals surface area contributed by atoms with Crippen molar-refractivity contribution in [3.05, 3.63) is 89.0 Å². The SMILES string of the molecule is Cc1cccc(CN2CCCN(c3cccc(C(=O)NCc4ccc5c(c4)OCO5)c3)C2=O)c1. The van der Waals surface area contributed by atoms with Crippen LogP contribution in [0.3, 0.4) is 0 Å². The van der Waals surface area contributed by atoms with Gasteiger partial charge >= 0.3 is 6.03 Å². The molecule has 3 aromatic carbocycles. The first-order valence-corrected chi connectivity index (χ1v) is 11.5. The molecule has 1 fully saturated rings. The first-order chi connectivity index (χ1) is 16.6. The second kappa shape index (κ2) is 9.47. The summed E-state index contributed by atoms with van der Waals surface area (Å²) in [6.45, 7) is 4.57. The van der Waals surface area contributed by atoms with E-state index in [1.54, 1.807) is 17.0 Å². The maximum Gasteiger partial charge on any atom is 0.324 e. The summed E-state index contributed by atoms with van der Waals surface area (Å²) in [5.74, 6) is 1.21. The fraction of sp³-hybridized carbons (Fsp3) is 0.259. The highest BCUT2D eigenvalue weighted by Crippen LogP contribution is 2.32. The zero-order chi connectivity index (χ0) is 23.5. The average molecular weight is 458 g/mol. The topological polar surface area (TPSA) is 71.1 Å². The van der Waals surface area contributed by atoms with Crippen LogP contribution in [0.15, 0.2) is 66.7 Å². The molecule has 7 nitrogen and oxygen atoms in total. The molecule has 34 heavy (non-hydrogen) atoms. The van der Waals surface area contributed by atoms with Gasteiger partial charge in [-0.1, -0.05) is 42.0 Å². The number of carbonyl (C=O) groups excluding carboxylic acids is 2. The lowest BCUT2D eigenvalue weighted by atomic mass is 10.1. The van der Waals surface area contributed by atoms with Gasteiger partial charge in [0.05, 0.1) is 0 Å². The molecular weight excluding hydrogens is 430 g/mol. The molecule has 0 aromatic heterocycles. The van der Waals surface area contributed by atoms with Gasteiger partial charge in [0.2, 0.25) is 6.79 Å². The summed E-state index contributed by atoms with van der Waals surface area (Å²) in [4.78, 5) is 29.7. The number of anilines is 1. The fourth-order valence-corrected chi connectivity index (χ4v) is 4.35. The number of carbonyl (C=O) groups is 2. The molecule has 0 saturated carbocycles. The Hall–Kier alpha value is -4.00. The van der Waals surface area contributed by atoms with Crippen LogP contribution in [0.2, 0.25) is 0 Å². The van der Waals surface area contributed by atoms with E-state index < -0.39 is 0 Å². The molecule has 0 aliphatic carbocycles. The number of benzene rings is 3. The van der Waals surface area contributed by atoms with Crippen LogP contribution in [0.5, 0.6) is 11.5 Å². The van der Waals surface area contributed by atoms with E-state index in [4.69, 9.17) is 9.47 Å². The fourth-order valence-electron chi connectivity index (χ4n) is 4.35. The Labute approximate surface area is 198 Å². The lowest BCUT2D eigenvalue weighted by Crippen LogP contribution is -2.49. The molecule has 2 aliphatic heterocycles. The van der Waals surface area contributed by atoms with Crippen molar-refractivity contribution in [3.8, 4) is 11.5 Å². The van der Waals surface area contributed by atoms with Gasteiger partial charge in [-0.25, -0.2) is 4.79 Å². The molecule has 3 amide bonds. The van der Waals surface area contributed by atoms with Crippen LogP contribution in [-0.2, 0) is 13.1 Å². The number of aryl methyl sites for hydroxylation is 1. The molecule has 0 unspecified atom stereocenters. The molecule has 5 rings (SSSR count). The van der Waals surface area contributed by atoms with E-state index in [1.807, 2.05) is 47.4 Å². The monoisotopic (exact) mass is 457 g/mol. The van der Waals surface area contributed by atoms with E-state index in [0.29, 0.717) is 36.7 Å². The Morgan fingerprint density at radius 1 is 0.941 bits per heavy atom. The number of fused-ring (bicyclic) bond motifs is 1. The first-order valence-electron chi connectivity index (χ1n) is 11.5. The number of amides is 3. The van der Waals surface area contributed by atoms with Gasteiger partial charge in [-0.3, -0.25) is 9.69 Å². The molecule has 7 heteroatoms. The number of nitrogens with zero attached hydrogens (tertiary/aromatic N) is 2. The van der Waals surface area contributed by atoms with Gasteiger partial charge in [0.25, 0.3) is 5.91 Å². The molecule has 2 aliphatic rings. The van der Waals surface area contributed by atoms with Crippen LogP contribution in [0.1, 0.15) is 33.5 Å². The maximum atomic E-state index is 13.2. The van der Waals surface area contributed by atoms with Gasteiger partial charge in [-0.15, -0.1) is 0 Å². The third-order valence-electron chi connectivity index (χ3n) is 6.08. The van der Waals surface area contributed by atoms with Crippen molar-refractivity contribution >= 4 is 17.6 Å². The molecule has 3 aromatic rings. The predicted molar refractivity (Wildman–Crippen MR) is 129 cm³/mol. The molecular formula is C27H27N3O4. The highest BCUT2D eigenvalue weighted by atomic mass is 16.7. The summed E-state index contributed by atoms with van der Waals surface area (Å²) in [7, 11) is 0. The minimum absolute atomic E-state index is 0.0364. The van der Waals surface area contributed by atoms with Crippen LogP contribution in [0.4, 0.5) is 10.5 Å². The summed E-state index contributed by atoms with van der Waals surface area (Å²) >= 11 is 0. The van der Waals surface area contributed by atoms with Crippen LogP contribution >= 0.6 is 0 Å². The van der Waals surface area contributed by atoms with Crippen molar-refractivity contribution in [2.75, 3.05) is 24.8 Å². The number of urea groups is 1. The minimum Gasteiger partial charge on any atom is -0.454 e. The Morgan fingerprint density at radius 3 is 2.68 bits per heavy atom. The second-order valence-corrected chi connectivity index (χ2v) is 8.62. The van der Waals surface area contributed by atoms with Crippen LogP contribution in [0, 0.1) is 6.92 Å². The Balaban J connectivity index is 1.25. The average Bonchev–Trinajstić information content (AvgIpc) is 3.32. The minimum atomic E-state index is -0.194. The van der Waals surface area contributed by atoms with Crippen molar-refractivity contribution < 1.29 is 19.1 Å². The summed E-state index contributed by atoms with van der Waals surface area (Å²) in [5.41, 5.74) is 4.47. The van der Waals surface area contributed by atoms with E-state index in [0.717, 1.165) is 29.8 Å². The van der Waals surface area contributed by atoms with Gasteiger partial charge < -0.3 is 19.7 Å². The van der Waals surface area contributed by atoms with E-state index in [-0.39, 0.29) is 18.7 Å². The molecule has 0 spiro atoms. The zero-order valence-corrected chi connectivity index (χ0v) is 19.1. The molecule has 1 saturated heterocycles. The number of rotatable bonds is 6. The van der Waals surface area contributed by atoms with Crippen LogP contribution < -0.4 is 19.7 Å². The van der Waals surface area contributed by atoms with Gasteiger partial charge in [-0.2, -0.15) is 0 Å². The van der Waals surface area contributed by atoms with E-state index >= 15 is 0 Å². The van der Waals surface area contributed by atoms with Gasteiger partial charge in [0.1, 0.15) is 0 Å². The molecule has 1 N–H and O–H groups in total. The first kappa shape index (κ1) is 21.8. The summed E-state index contributed by atoms with van der Waals surface area (Å²) in [6, 6.07) is 21.0. The van der Waals surface area contributed by atoms with Crippen LogP contribution in [0.25, 0.3) is 0 Å². The van der Waals surface area contributed by atoms with E-state index in [2.05, 4.69) is 24.4 Å². The molecule has 0 bridgehead atoms. The third kappa shape index (κ3) is 4.69. The van der Waals surface area contributed by atoms with Gasteiger partial charge in [-0.05, 0) is 54.8 Å². The highest BCUT2D eigenvalue weighted by molar-refractivity contribution is 5.98. The summed E-state index contributed by atoms with van der Waals surface area (Å²) in [6.07, 6.45) is 0.873. The highest BCUT2D eigenvalue weighted by Gasteiger charge is 2.27. The predicted octanol–water partition coefficient (Wildman–Crippen LogP) is 4.49. The summed E-state index contributed by atoms with van der Waals surface area (Å²) in [5, 5.41) is 2.95. The third-order valence-corrected chi connectivity index (χ3v) is 6.08. The number of nitrogens with one attached hydrogen (secondary N) is 1. The van der Waals surface area contributed by atoms with Gasteiger partial charge in [0, 0.05) is 37.4 Å². The number of hydrogen-bond donors (Lipinski definition) is 1. The Kier molecular flexibility index (Phi) is 6.08. The summed E-state index contributed by atoms with van der Waals surface area (Å²) < 4.78 is 10.7. The van der Waals surface area contributed by atoms with E-state index in [1.165, 1.54) is 5.56 Å². The Morgan fingerprint density at radius 2 is 1.79 bits per heavy atom. The lowest BCUT2D eigenvalue weighted by molar-refractivity contribution is 0.0950. The second-order valence-electron chi connectivity index (χ2n) is 8.62. The largest absolute Gasteiger partial charge is 0.454 e. The quantitative estimate of drug-likeness (QED) is 0.592. The molecule has 2 heterocycles. The zero-order valence-electron chi connectivity index (χ0n) is 19.1. The maximum absolute atomic E-state index is 13.2. The van der Waals surface area contributed by atoms with Crippen molar-refractivity contribution in [2.24, 2.45) is 0 Å². The van der Waals surface area contributed by atoms with Crippen LogP contribution in [-0.4, -0.2) is 36.7 Å². The van der Waals surface area contributed by atoms with Crippen molar-refractivity contribution in [2.45, 2.75) is 26.4 Å². The number of ether oxygens (including phenoxy) is 2. The Bertz CT molecular complexity index is 1230. The normalized spacial score (nSPS) is 14.9. The molecule has 0 radical (unpaired) electrons. The van der Waals surface area contributed by atoms with Crippen molar-refractivity contribution in [3.63, 3.8) is 0 Å². The van der Waals surface area contributed by atoms with Crippen molar-refractivity contribution in [1.82, 2.24) is 10.2 Å². The molecule has 174 valence electrons. The lowest BCUT2D eigenvalue weighted by Gasteiger charge is -2.36.